The molecule has 7 nitrogen and oxygen atoms in total. The average molecular weight is 595 g/mol. The maximum absolute atomic E-state index is 13.9. The van der Waals surface area contributed by atoms with E-state index in [2.05, 4.69) is 5.32 Å². The van der Waals surface area contributed by atoms with Crippen LogP contribution in [0.1, 0.15) is 31.4 Å². The van der Waals surface area contributed by atoms with Gasteiger partial charge in [0.05, 0.1) is 20.6 Å². The third-order valence-electron chi connectivity index (χ3n) is 6.09. The van der Waals surface area contributed by atoms with E-state index in [9.17, 15) is 22.4 Å². The van der Waals surface area contributed by atoms with Crippen LogP contribution in [0.3, 0.4) is 0 Å². The Labute approximate surface area is 238 Å². The van der Waals surface area contributed by atoms with E-state index >= 15 is 0 Å². The number of nitrogens with zero attached hydrogens (tertiary/aromatic N) is 2. The van der Waals surface area contributed by atoms with E-state index in [0.717, 1.165) is 9.87 Å². The van der Waals surface area contributed by atoms with E-state index in [4.69, 9.17) is 23.2 Å². The molecule has 0 radical (unpaired) electrons. The highest BCUT2D eigenvalue weighted by Crippen LogP contribution is 2.35. The van der Waals surface area contributed by atoms with Gasteiger partial charge in [-0.15, -0.1) is 0 Å². The Hall–Kier alpha value is -3.14. The smallest absolute Gasteiger partial charge is 0.264 e. The zero-order valence-electron chi connectivity index (χ0n) is 21.8. The number of rotatable bonds is 11. The molecule has 0 aliphatic rings. The molecule has 0 saturated heterocycles. The molecule has 0 saturated carbocycles. The summed E-state index contributed by atoms with van der Waals surface area (Å²) < 4.78 is 42.2. The molecule has 0 heterocycles. The summed E-state index contributed by atoms with van der Waals surface area (Å²) in [7, 11) is -4.29. The molecule has 208 valence electrons. The second kappa shape index (κ2) is 13.3. The molecule has 3 rings (SSSR count). The fourth-order valence-corrected chi connectivity index (χ4v) is 5.91. The second-order valence-electron chi connectivity index (χ2n) is 8.86. The lowest BCUT2D eigenvalue weighted by molar-refractivity contribution is -0.140. The Morgan fingerprint density at radius 2 is 1.62 bits per heavy atom. The summed E-state index contributed by atoms with van der Waals surface area (Å²) in [6.45, 7) is 4.97. The number of benzene rings is 3. The van der Waals surface area contributed by atoms with E-state index in [1.165, 1.54) is 59.5 Å². The van der Waals surface area contributed by atoms with Gasteiger partial charge in [-0.3, -0.25) is 13.9 Å². The van der Waals surface area contributed by atoms with Crippen molar-refractivity contribution in [2.45, 2.75) is 44.7 Å². The van der Waals surface area contributed by atoms with Gasteiger partial charge in [-0.1, -0.05) is 66.0 Å². The van der Waals surface area contributed by atoms with E-state index in [-0.39, 0.29) is 39.5 Å². The van der Waals surface area contributed by atoms with Crippen molar-refractivity contribution in [3.05, 3.63) is 93.7 Å². The van der Waals surface area contributed by atoms with Crippen molar-refractivity contribution in [1.82, 2.24) is 10.2 Å². The van der Waals surface area contributed by atoms with Crippen LogP contribution >= 0.6 is 23.2 Å². The maximum Gasteiger partial charge on any atom is 0.264 e. The fraction of sp³-hybridized carbons (Fsp3) is 0.286. The minimum absolute atomic E-state index is 0.0193. The molecule has 3 aromatic rings. The molecule has 0 spiro atoms. The first-order chi connectivity index (χ1) is 18.5. The SMILES string of the molecule is CCNC(=O)[C@@H](CC)N(Cc1ccc(F)cc1)C(=O)CN(c1cccc(Cl)c1Cl)S(=O)(=O)c1ccc(C)cc1. The summed E-state index contributed by atoms with van der Waals surface area (Å²) in [6.07, 6.45) is 0.265. The molecule has 0 fully saturated rings. The summed E-state index contributed by atoms with van der Waals surface area (Å²) in [5.74, 6) is -1.48. The van der Waals surface area contributed by atoms with Gasteiger partial charge < -0.3 is 10.2 Å². The summed E-state index contributed by atoms with van der Waals surface area (Å²) in [4.78, 5) is 28.1. The van der Waals surface area contributed by atoms with Crippen LogP contribution in [-0.2, 0) is 26.2 Å². The predicted octanol–water partition coefficient (Wildman–Crippen LogP) is 5.58. The van der Waals surface area contributed by atoms with Crippen LogP contribution in [0.5, 0.6) is 0 Å². The van der Waals surface area contributed by atoms with Gasteiger partial charge in [0.1, 0.15) is 18.4 Å². The van der Waals surface area contributed by atoms with Crippen molar-refractivity contribution >= 4 is 50.7 Å². The van der Waals surface area contributed by atoms with Gasteiger partial charge in [-0.2, -0.15) is 0 Å². The molecule has 3 aromatic carbocycles. The van der Waals surface area contributed by atoms with E-state index < -0.39 is 34.3 Å². The lowest BCUT2D eigenvalue weighted by Gasteiger charge is -2.33. The fourth-order valence-electron chi connectivity index (χ4n) is 4.03. The normalized spacial score (nSPS) is 12.1. The lowest BCUT2D eigenvalue weighted by atomic mass is 10.1. The number of carbonyl (C=O) groups excluding carboxylic acids is 2. The van der Waals surface area contributed by atoms with E-state index in [1.807, 2.05) is 6.92 Å². The van der Waals surface area contributed by atoms with E-state index in [1.54, 1.807) is 26.0 Å². The summed E-state index contributed by atoms with van der Waals surface area (Å²) in [5, 5.41) is 2.80. The zero-order valence-corrected chi connectivity index (χ0v) is 24.2. The van der Waals surface area contributed by atoms with Gasteiger partial charge in [0.25, 0.3) is 10.0 Å². The quantitative estimate of drug-likeness (QED) is 0.314. The third kappa shape index (κ3) is 7.29. The Morgan fingerprint density at radius 3 is 2.21 bits per heavy atom. The molecular formula is C28H30Cl2FN3O4S. The molecule has 0 unspecified atom stereocenters. The van der Waals surface area contributed by atoms with Gasteiger partial charge in [-0.25, -0.2) is 12.8 Å². The Balaban J connectivity index is 2.10. The number of likely N-dealkylation sites (N-methyl/N-ethyl adjacent to an activating group) is 1. The number of halogens is 3. The highest BCUT2D eigenvalue weighted by atomic mass is 35.5. The van der Waals surface area contributed by atoms with Crippen molar-refractivity contribution in [1.29, 1.82) is 0 Å². The molecule has 0 aliphatic carbocycles. The molecule has 0 bridgehead atoms. The standard InChI is InChI=1S/C28H30Cl2FN3O4S/c1-4-24(28(36)32-5-2)33(17-20-11-13-21(31)14-12-20)26(35)18-34(25-8-6-7-23(29)27(25)30)39(37,38)22-15-9-19(3)10-16-22/h6-16,24H,4-5,17-18H2,1-3H3,(H,32,36)/t24-/m1/s1. The van der Waals surface area contributed by atoms with Crippen LogP contribution in [0, 0.1) is 12.7 Å². The highest BCUT2D eigenvalue weighted by Gasteiger charge is 2.34. The second-order valence-corrected chi connectivity index (χ2v) is 11.5. The van der Waals surface area contributed by atoms with Crippen LogP contribution in [0.25, 0.3) is 0 Å². The topological polar surface area (TPSA) is 86.8 Å². The molecular weight excluding hydrogens is 564 g/mol. The first-order valence-corrected chi connectivity index (χ1v) is 14.5. The molecule has 0 aromatic heterocycles. The molecule has 1 atom stereocenters. The van der Waals surface area contributed by atoms with Gasteiger partial charge in [0.15, 0.2) is 0 Å². The number of sulfonamides is 1. The zero-order chi connectivity index (χ0) is 28.7. The number of carbonyl (C=O) groups is 2. The molecule has 39 heavy (non-hydrogen) atoms. The number of hydrogen-bond donors (Lipinski definition) is 1. The molecule has 11 heteroatoms. The summed E-state index contributed by atoms with van der Waals surface area (Å²) >= 11 is 12.6. The number of hydrogen-bond acceptors (Lipinski definition) is 4. The first kappa shape index (κ1) is 30.4. The van der Waals surface area contributed by atoms with Gasteiger partial charge in [0, 0.05) is 13.1 Å². The highest BCUT2D eigenvalue weighted by molar-refractivity contribution is 7.92. The summed E-state index contributed by atoms with van der Waals surface area (Å²) in [5.41, 5.74) is 1.45. The number of amides is 2. The van der Waals surface area contributed by atoms with Crippen molar-refractivity contribution < 1.29 is 22.4 Å². The Kier molecular flexibility index (Phi) is 10.4. The number of aryl methyl sites for hydroxylation is 1. The van der Waals surface area contributed by atoms with Crippen molar-refractivity contribution in [3.63, 3.8) is 0 Å². The largest absolute Gasteiger partial charge is 0.355 e. The number of nitrogens with one attached hydrogen (secondary N) is 1. The Morgan fingerprint density at radius 1 is 0.974 bits per heavy atom. The van der Waals surface area contributed by atoms with Crippen LogP contribution in [-0.4, -0.2) is 44.3 Å². The third-order valence-corrected chi connectivity index (χ3v) is 8.67. The first-order valence-electron chi connectivity index (χ1n) is 12.3. The van der Waals surface area contributed by atoms with E-state index in [0.29, 0.717) is 12.1 Å². The monoisotopic (exact) mass is 593 g/mol. The maximum atomic E-state index is 13.9. The van der Waals surface area contributed by atoms with Crippen LogP contribution in [0.15, 0.2) is 71.6 Å². The number of anilines is 1. The van der Waals surface area contributed by atoms with Crippen LogP contribution in [0.2, 0.25) is 10.0 Å². The molecule has 0 aliphatic heterocycles. The predicted molar refractivity (Wildman–Crippen MR) is 152 cm³/mol. The molecule has 1 N–H and O–H groups in total. The van der Waals surface area contributed by atoms with Gasteiger partial charge in [0.2, 0.25) is 11.8 Å². The van der Waals surface area contributed by atoms with Gasteiger partial charge in [-0.05, 0) is 62.2 Å². The average Bonchev–Trinajstić information content (AvgIpc) is 2.90. The van der Waals surface area contributed by atoms with Crippen molar-refractivity contribution in [2.24, 2.45) is 0 Å². The van der Waals surface area contributed by atoms with Crippen molar-refractivity contribution in [3.8, 4) is 0 Å². The molecule has 2 amide bonds. The minimum atomic E-state index is -4.29. The lowest BCUT2D eigenvalue weighted by Crippen LogP contribution is -2.52. The minimum Gasteiger partial charge on any atom is -0.355 e. The van der Waals surface area contributed by atoms with Crippen LogP contribution in [0.4, 0.5) is 10.1 Å². The van der Waals surface area contributed by atoms with Crippen molar-refractivity contribution in [2.75, 3.05) is 17.4 Å². The summed E-state index contributed by atoms with van der Waals surface area (Å²) in [6, 6.07) is 15.3. The Bertz CT molecular complexity index is 1420. The van der Waals surface area contributed by atoms with Crippen LogP contribution < -0.4 is 9.62 Å². The van der Waals surface area contributed by atoms with Gasteiger partial charge >= 0.3 is 0 Å².